The summed E-state index contributed by atoms with van der Waals surface area (Å²) in [6, 6.07) is 8.93. The highest BCUT2D eigenvalue weighted by Crippen LogP contribution is 2.45. The summed E-state index contributed by atoms with van der Waals surface area (Å²) in [6.07, 6.45) is -7.85. The molecule has 0 radical (unpaired) electrons. The van der Waals surface area contributed by atoms with E-state index in [4.69, 9.17) is 27.0 Å². The fourth-order valence-electron chi connectivity index (χ4n) is 8.39. The molecular formula is C50H48F9N7O7S. The molecule has 3 aromatic carbocycles. The summed E-state index contributed by atoms with van der Waals surface area (Å²) < 4.78 is 142. The van der Waals surface area contributed by atoms with Crippen LogP contribution < -0.4 is 25.2 Å². The number of hydrogen-bond donors (Lipinski definition) is 2. The van der Waals surface area contributed by atoms with Crippen molar-refractivity contribution in [3.63, 3.8) is 0 Å². The second-order valence-electron chi connectivity index (χ2n) is 18.8. The zero-order valence-electron chi connectivity index (χ0n) is 40.3. The molecule has 1 aromatic heterocycles. The van der Waals surface area contributed by atoms with Crippen molar-refractivity contribution in [2.24, 2.45) is 5.41 Å². The van der Waals surface area contributed by atoms with E-state index in [-0.39, 0.29) is 38.5 Å². The molecular weight excluding hydrogens is 1010 g/mol. The molecule has 0 spiro atoms. The number of thiocarbonyl (C=S) groups is 1. The number of carbonyl (C=O) groups excluding carboxylic acids is 5. The molecule has 14 nitrogen and oxygen atoms in total. The van der Waals surface area contributed by atoms with Crippen LogP contribution in [-0.2, 0) is 42.8 Å². The molecule has 2 atom stereocenters. The van der Waals surface area contributed by atoms with Gasteiger partial charge in [-0.25, -0.2) is 13.2 Å². The van der Waals surface area contributed by atoms with Gasteiger partial charge in [0.1, 0.15) is 36.1 Å². The Morgan fingerprint density at radius 2 is 1.61 bits per heavy atom. The smallest absolute Gasteiger partial charge is 0.420 e. The predicted molar refractivity (Wildman–Crippen MR) is 253 cm³/mol. The van der Waals surface area contributed by atoms with Gasteiger partial charge in [-0.1, -0.05) is 45.0 Å². The molecule has 0 bridgehead atoms. The van der Waals surface area contributed by atoms with Gasteiger partial charge in [-0.05, 0) is 93.1 Å². The SMILES string of the molecule is CC(C)(C)C(NC(=O)COCCCCOc1c(F)cc(-c2ncc(N3C(=S)N(c4ccc(C#N)c(C(F)(F)F)c4F)C(=O)C3(C)C)cc2C(F)(F)F)cc1F)C(=O)N1CCCC1C(=O)NCc1ccc(C=O)cc1. The number of alkyl halides is 6. The van der Waals surface area contributed by atoms with Crippen LogP contribution >= 0.6 is 12.2 Å². The van der Waals surface area contributed by atoms with Gasteiger partial charge in [0.2, 0.25) is 17.7 Å². The number of pyridine rings is 1. The third-order valence-corrected chi connectivity index (χ3v) is 12.5. The van der Waals surface area contributed by atoms with E-state index >= 15 is 13.2 Å². The van der Waals surface area contributed by atoms with E-state index in [1.54, 1.807) is 45.0 Å². The molecule has 4 aromatic rings. The lowest BCUT2D eigenvalue weighted by Crippen LogP contribution is -2.58. The van der Waals surface area contributed by atoms with E-state index in [1.165, 1.54) is 11.0 Å². The number of unbranched alkanes of at least 4 members (excludes halogenated alkanes) is 1. The Balaban J connectivity index is 1.04. The second kappa shape index (κ2) is 22.1. The number of aldehydes is 1. The standard InChI is InChI=1S/C50H48F9N7O7S/c1-47(2,3)42(44(70)64-16-8-9-36(64)43(69)62-23-27-10-12-28(25-67)13-11-27)63-37(68)26-72-17-6-7-18-73-41-33(51)19-30(20-34(41)52)40-32(49(54,55)56)21-31(24-61-40)66-46(74)65(45(71)48(66,4)5)35-15-14-29(22-60)38(39(35)53)50(57,58)59/h10-15,19-21,24-25,36,42H,6-9,16-18,23,26H2,1-5H3,(H,62,69)(H,63,68). The largest absolute Gasteiger partial charge is 0.488 e. The number of aromatic nitrogens is 1. The van der Waals surface area contributed by atoms with Crippen molar-refractivity contribution in [2.45, 2.75) is 96.8 Å². The van der Waals surface area contributed by atoms with E-state index in [1.807, 2.05) is 0 Å². The summed E-state index contributed by atoms with van der Waals surface area (Å²) in [5, 5.41) is 13.9. The van der Waals surface area contributed by atoms with Gasteiger partial charge in [-0.3, -0.25) is 33.9 Å². The minimum Gasteiger partial charge on any atom is -0.488 e. The van der Waals surface area contributed by atoms with Crippen LogP contribution in [0.15, 0.2) is 60.8 Å². The topological polar surface area (TPSA) is 174 Å². The lowest BCUT2D eigenvalue weighted by molar-refractivity contribution is -0.144. The number of amides is 4. The molecule has 74 heavy (non-hydrogen) atoms. The van der Waals surface area contributed by atoms with Gasteiger partial charge in [0.05, 0.1) is 47.1 Å². The van der Waals surface area contributed by atoms with Crippen molar-refractivity contribution in [2.75, 3.05) is 36.2 Å². The summed E-state index contributed by atoms with van der Waals surface area (Å²) >= 11 is 5.32. The highest BCUT2D eigenvalue weighted by Gasteiger charge is 2.53. The number of nitriles is 1. The summed E-state index contributed by atoms with van der Waals surface area (Å²) in [5.74, 6) is -8.34. The minimum absolute atomic E-state index is 0.0280. The van der Waals surface area contributed by atoms with Gasteiger partial charge in [0.15, 0.2) is 28.3 Å². The first-order valence-electron chi connectivity index (χ1n) is 22.8. The van der Waals surface area contributed by atoms with E-state index in [9.17, 15) is 50.3 Å². The number of nitrogens with one attached hydrogen (secondary N) is 2. The van der Waals surface area contributed by atoms with Gasteiger partial charge in [0.25, 0.3) is 5.91 Å². The van der Waals surface area contributed by atoms with Crippen molar-refractivity contribution in [3.05, 3.63) is 106 Å². The quantitative estimate of drug-likeness (QED) is 0.0448. The Morgan fingerprint density at radius 1 is 0.959 bits per heavy atom. The van der Waals surface area contributed by atoms with Crippen LogP contribution in [0.2, 0.25) is 0 Å². The Morgan fingerprint density at radius 3 is 2.20 bits per heavy atom. The number of halogens is 9. The Bertz CT molecular complexity index is 2860. The fraction of sp³-hybridized carbons (Fsp3) is 0.400. The third kappa shape index (κ3) is 12.1. The molecule has 3 heterocycles. The molecule has 24 heteroatoms. The molecule has 2 aliphatic rings. The van der Waals surface area contributed by atoms with Gasteiger partial charge >= 0.3 is 12.4 Å². The molecule has 2 saturated heterocycles. The van der Waals surface area contributed by atoms with Gasteiger partial charge < -0.3 is 29.9 Å². The monoisotopic (exact) mass is 1060 g/mol. The molecule has 2 N–H and O–H groups in total. The molecule has 0 saturated carbocycles. The number of rotatable bonds is 17. The Labute approximate surface area is 423 Å². The first kappa shape index (κ1) is 56.2. The molecule has 0 aliphatic carbocycles. The van der Waals surface area contributed by atoms with Crippen molar-refractivity contribution in [1.29, 1.82) is 5.26 Å². The first-order chi connectivity index (χ1) is 34.6. The summed E-state index contributed by atoms with van der Waals surface area (Å²) in [4.78, 5) is 71.0. The van der Waals surface area contributed by atoms with Crippen LogP contribution in [0.5, 0.6) is 5.75 Å². The lowest BCUT2D eigenvalue weighted by atomic mass is 9.85. The fourth-order valence-corrected chi connectivity index (χ4v) is 8.91. The summed E-state index contributed by atoms with van der Waals surface area (Å²) in [7, 11) is 0. The summed E-state index contributed by atoms with van der Waals surface area (Å²) in [5.41, 5.74) is -9.38. The molecule has 394 valence electrons. The van der Waals surface area contributed by atoms with Crippen LogP contribution in [-0.4, -0.2) is 88.9 Å². The molecule has 2 fully saturated rings. The average Bonchev–Trinajstić information content (AvgIpc) is 3.88. The van der Waals surface area contributed by atoms with Crippen LogP contribution in [0.3, 0.4) is 0 Å². The Hall–Kier alpha value is -7.13. The zero-order chi connectivity index (χ0) is 54.7. The predicted octanol–water partition coefficient (Wildman–Crippen LogP) is 8.82. The molecule has 6 rings (SSSR count). The maximum atomic E-state index is 15.5. The highest BCUT2D eigenvalue weighted by molar-refractivity contribution is 7.81. The number of likely N-dealkylation sites (tertiary alicyclic amines) is 1. The Kier molecular flexibility index (Phi) is 16.8. The number of ether oxygens (including phenoxy) is 2. The molecule has 4 amide bonds. The van der Waals surface area contributed by atoms with Gasteiger partial charge in [-0.2, -0.15) is 31.6 Å². The number of carbonyl (C=O) groups is 5. The third-order valence-electron chi connectivity index (χ3n) is 12.1. The van der Waals surface area contributed by atoms with Crippen molar-refractivity contribution in [1.82, 2.24) is 20.5 Å². The van der Waals surface area contributed by atoms with Crippen LogP contribution in [0.1, 0.15) is 92.9 Å². The number of hydrogen-bond acceptors (Lipinski definition) is 10. The maximum Gasteiger partial charge on any atom is 0.420 e. The minimum atomic E-state index is -5.39. The van der Waals surface area contributed by atoms with Crippen LogP contribution in [0.25, 0.3) is 11.3 Å². The van der Waals surface area contributed by atoms with Crippen molar-refractivity contribution >= 4 is 58.6 Å². The second-order valence-corrected chi connectivity index (χ2v) is 19.2. The van der Waals surface area contributed by atoms with E-state index in [2.05, 4.69) is 15.6 Å². The van der Waals surface area contributed by atoms with E-state index in [0.29, 0.717) is 66.5 Å². The lowest BCUT2D eigenvalue weighted by Gasteiger charge is -2.35. The van der Waals surface area contributed by atoms with Crippen molar-refractivity contribution < 1.29 is 73.0 Å². The zero-order valence-corrected chi connectivity index (χ0v) is 41.1. The maximum absolute atomic E-state index is 15.5. The number of anilines is 2. The molecule has 2 aliphatic heterocycles. The average molecular weight is 1060 g/mol. The number of nitrogens with zero attached hydrogens (tertiary/aromatic N) is 5. The normalized spacial score (nSPS) is 16.3. The first-order valence-corrected chi connectivity index (χ1v) is 23.2. The van der Waals surface area contributed by atoms with Crippen LogP contribution in [0.4, 0.5) is 50.9 Å². The van der Waals surface area contributed by atoms with E-state index < -0.39 is 127 Å². The van der Waals surface area contributed by atoms with Crippen molar-refractivity contribution in [3.8, 4) is 23.1 Å². The summed E-state index contributed by atoms with van der Waals surface area (Å²) in [6.45, 7) is 7.24. The van der Waals surface area contributed by atoms with E-state index in [0.717, 1.165) is 30.5 Å². The molecule has 2 unspecified atom stereocenters. The highest BCUT2D eigenvalue weighted by atomic mass is 32.1. The van der Waals surface area contributed by atoms with Crippen LogP contribution in [0, 0.1) is 34.2 Å². The van der Waals surface area contributed by atoms with Gasteiger partial charge in [-0.15, -0.1) is 0 Å². The van der Waals surface area contributed by atoms with Gasteiger partial charge in [0, 0.05) is 30.8 Å². The number of benzene rings is 3.